The maximum atomic E-state index is 11.8. The van der Waals surface area contributed by atoms with Crippen molar-refractivity contribution >= 4 is 50.6 Å². The second kappa shape index (κ2) is 5.95. The lowest BCUT2D eigenvalue weighted by atomic mass is 10.3. The van der Waals surface area contributed by atoms with Crippen molar-refractivity contribution in [1.82, 2.24) is 0 Å². The largest absolute Gasteiger partial charge is 0.399 e. The molecule has 19 heavy (non-hydrogen) atoms. The fourth-order valence-corrected chi connectivity index (χ4v) is 1.93. The maximum absolute atomic E-state index is 11.8. The van der Waals surface area contributed by atoms with E-state index in [9.17, 15) is 4.79 Å². The summed E-state index contributed by atoms with van der Waals surface area (Å²) in [4.78, 5) is 11.8. The average molecular weight is 341 g/mol. The summed E-state index contributed by atoms with van der Waals surface area (Å²) in [5.41, 5.74) is 7.52. The van der Waals surface area contributed by atoms with Gasteiger partial charge in [-0.15, -0.1) is 0 Å². The third kappa shape index (κ3) is 3.87. The van der Waals surface area contributed by atoms with E-state index in [1.165, 1.54) is 0 Å². The molecule has 0 aromatic heterocycles. The van der Waals surface area contributed by atoms with Crippen LogP contribution in [0.3, 0.4) is 0 Å². The SMILES string of the molecule is Nc1ccc(NC(=O)Nc2ccc(Cl)c(Br)c2)cc1. The predicted octanol–water partition coefficient (Wildman–Crippen LogP) is 4.33. The van der Waals surface area contributed by atoms with Crippen molar-refractivity contribution < 1.29 is 4.79 Å². The van der Waals surface area contributed by atoms with Gasteiger partial charge in [-0.2, -0.15) is 0 Å². The van der Waals surface area contributed by atoms with Crippen LogP contribution >= 0.6 is 27.5 Å². The molecule has 0 unspecified atom stereocenters. The molecule has 4 nitrogen and oxygen atoms in total. The number of hydrogen-bond donors (Lipinski definition) is 3. The van der Waals surface area contributed by atoms with Gasteiger partial charge >= 0.3 is 6.03 Å². The summed E-state index contributed by atoms with van der Waals surface area (Å²) in [5, 5.41) is 5.99. The van der Waals surface area contributed by atoms with Crippen LogP contribution in [0.5, 0.6) is 0 Å². The topological polar surface area (TPSA) is 67.1 Å². The molecule has 0 spiro atoms. The maximum Gasteiger partial charge on any atom is 0.323 e. The molecule has 0 aliphatic rings. The minimum Gasteiger partial charge on any atom is -0.399 e. The van der Waals surface area contributed by atoms with Crippen LogP contribution in [0.15, 0.2) is 46.9 Å². The molecule has 0 aliphatic carbocycles. The van der Waals surface area contributed by atoms with Gasteiger partial charge in [0.1, 0.15) is 0 Å². The highest BCUT2D eigenvalue weighted by Gasteiger charge is 2.04. The summed E-state index contributed by atoms with van der Waals surface area (Å²) >= 11 is 9.17. The second-order valence-corrected chi connectivity index (χ2v) is 5.09. The molecular weight excluding hydrogens is 330 g/mol. The van der Waals surface area contributed by atoms with Crippen molar-refractivity contribution in [1.29, 1.82) is 0 Å². The number of nitrogens with two attached hydrogens (primary N) is 1. The fraction of sp³-hybridized carbons (Fsp3) is 0. The third-order valence-corrected chi connectivity index (χ3v) is 3.56. The van der Waals surface area contributed by atoms with Crippen molar-refractivity contribution in [2.75, 3.05) is 16.4 Å². The zero-order valence-electron chi connectivity index (χ0n) is 9.78. The predicted molar refractivity (Wildman–Crippen MR) is 82.6 cm³/mol. The molecule has 6 heteroatoms. The number of rotatable bonds is 2. The first-order valence-electron chi connectivity index (χ1n) is 5.43. The summed E-state index contributed by atoms with van der Waals surface area (Å²) in [5.74, 6) is 0. The molecule has 0 radical (unpaired) electrons. The molecule has 0 saturated carbocycles. The number of carbonyl (C=O) groups excluding carboxylic acids is 1. The molecule has 0 fully saturated rings. The molecule has 98 valence electrons. The van der Waals surface area contributed by atoms with Gasteiger partial charge in [-0.25, -0.2) is 4.79 Å². The number of benzene rings is 2. The first kappa shape index (κ1) is 13.7. The molecular formula is C13H11BrClN3O. The Bertz CT molecular complexity index is 601. The quantitative estimate of drug-likeness (QED) is 0.712. The highest BCUT2D eigenvalue weighted by molar-refractivity contribution is 9.10. The fourth-order valence-electron chi connectivity index (χ4n) is 1.43. The lowest BCUT2D eigenvalue weighted by Gasteiger charge is -2.08. The first-order chi connectivity index (χ1) is 9.04. The number of carbonyl (C=O) groups is 1. The Morgan fingerprint density at radius 1 is 1.05 bits per heavy atom. The summed E-state index contributed by atoms with van der Waals surface area (Å²) in [6.45, 7) is 0. The number of anilines is 3. The Labute approximate surface area is 124 Å². The van der Waals surface area contributed by atoms with Crippen molar-refractivity contribution in [2.24, 2.45) is 0 Å². The van der Waals surface area contributed by atoms with Gasteiger partial charge in [-0.05, 0) is 58.4 Å². The number of nitrogens with one attached hydrogen (secondary N) is 2. The standard InChI is InChI=1S/C13H11BrClN3O/c14-11-7-10(5-6-12(11)15)18-13(19)17-9-3-1-8(16)2-4-9/h1-7H,16H2,(H2,17,18,19). The van der Waals surface area contributed by atoms with Crippen molar-refractivity contribution in [2.45, 2.75) is 0 Å². The summed E-state index contributed by atoms with van der Waals surface area (Å²) in [6.07, 6.45) is 0. The first-order valence-corrected chi connectivity index (χ1v) is 6.60. The highest BCUT2D eigenvalue weighted by Crippen LogP contribution is 2.25. The van der Waals surface area contributed by atoms with Crippen LogP contribution in [0.1, 0.15) is 0 Å². The molecule has 0 bridgehead atoms. The Morgan fingerprint density at radius 3 is 2.26 bits per heavy atom. The van der Waals surface area contributed by atoms with E-state index < -0.39 is 0 Å². The van der Waals surface area contributed by atoms with E-state index in [2.05, 4.69) is 26.6 Å². The van der Waals surface area contributed by atoms with Gasteiger partial charge in [0, 0.05) is 21.5 Å². The lowest BCUT2D eigenvalue weighted by Crippen LogP contribution is -2.19. The van der Waals surface area contributed by atoms with E-state index >= 15 is 0 Å². The van der Waals surface area contributed by atoms with Crippen molar-refractivity contribution in [3.63, 3.8) is 0 Å². The molecule has 0 atom stereocenters. The Morgan fingerprint density at radius 2 is 1.63 bits per heavy atom. The number of amides is 2. The molecule has 0 aliphatic heterocycles. The van der Waals surface area contributed by atoms with Gasteiger partial charge in [0.25, 0.3) is 0 Å². The molecule has 0 heterocycles. The van der Waals surface area contributed by atoms with Gasteiger partial charge in [0.05, 0.1) is 5.02 Å². The van der Waals surface area contributed by atoms with Crippen LogP contribution in [0, 0.1) is 0 Å². The van der Waals surface area contributed by atoms with Crippen LogP contribution in [0.2, 0.25) is 5.02 Å². The van der Waals surface area contributed by atoms with Crippen molar-refractivity contribution in [3.8, 4) is 0 Å². The van der Waals surface area contributed by atoms with E-state index in [-0.39, 0.29) is 6.03 Å². The normalized spacial score (nSPS) is 10.0. The smallest absolute Gasteiger partial charge is 0.323 e. The molecule has 0 saturated heterocycles. The Kier molecular flexibility index (Phi) is 4.29. The number of halogens is 2. The second-order valence-electron chi connectivity index (χ2n) is 3.83. The number of urea groups is 1. The lowest BCUT2D eigenvalue weighted by molar-refractivity contribution is 0.262. The Balaban J connectivity index is 2.01. The molecule has 2 rings (SSSR count). The number of hydrogen-bond acceptors (Lipinski definition) is 2. The minimum absolute atomic E-state index is 0.334. The zero-order chi connectivity index (χ0) is 13.8. The van der Waals surface area contributed by atoms with E-state index in [0.29, 0.717) is 22.1 Å². The minimum atomic E-state index is -0.334. The summed E-state index contributed by atoms with van der Waals surface area (Å²) in [7, 11) is 0. The van der Waals surface area contributed by atoms with Crippen LogP contribution in [0.25, 0.3) is 0 Å². The van der Waals surface area contributed by atoms with Crippen molar-refractivity contribution in [3.05, 3.63) is 52.0 Å². The van der Waals surface area contributed by atoms with E-state index in [1.54, 1.807) is 42.5 Å². The van der Waals surface area contributed by atoms with Gasteiger partial charge in [-0.3, -0.25) is 0 Å². The highest BCUT2D eigenvalue weighted by atomic mass is 79.9. The van der Waals surface area contributed by atoms with Gasteiger partial charge in [0.15, 0.2) is 0 Å². The van der Waals surface area contributed by atoms with Crippen LogP contribution < -0.4 is 16.4 Å². The van der Waals surface area contributed by atoms with E-state index in [0.717, 1.165) is 4.47 Å². The van der Waals surface area contributed by atoms with Gasteiger partial charge in [0.2, 0.25) is 0 Å². The summed E-state index contributed by atoms with van der Waals surface area (Å²) in [6, 6.07) is 11.7. The molecule has 4 N–H and O–H groups in total. The van der Waals surface area contributed by atoms with E-state index in [4.69, 9.17) is 17.3 Å². The molecule has 2 aromatic carbocycles. The summed E-state index contributed by atoms with van der Waals surface area (Å²) < 4.78 is 0.722. The van der Waals surface area contributed by atoms with Crippen LogP contribution in [-0.2, 0) is 0 Å². The molecule has 2 aromatic rings. The molecule has 2 amide bonds. The van der Waals surface area contributed by atoms with Gasteiger partial charge < -0.3 is 16.4 Å². The third-order valence-electron chi connectivity index (χ3n) is 2.35. The number of nitrogen functional groups attached to an aromatic ring is 1. The van der Waals surface area contributed by atoms with E-state index in [1.807, 2.05) is 0 Å². The van der Waals surface area contributed by atoms with Crippen LogP contribution in [0.4, 0.5) is 21.9 Å². The monoisotopic (exact) mass is 339 g/mol. The average Bonchev–Trinajstić information content (AvgIpc) is 2.37. The van der Waals surface area contributed by atoms with Gasteiger partial charge in [-0.1, -0.05) is 11.6 Å². The van der Waals surface area contributed by atoms with Crippen LogP contribution in [-0.4, -0.2) is 6.03 Å². The Hall–Kier alpha value is -1.72. The zero-order valence-corrected chi connectivity index (χ0v) is 12.1.